The van der Waals surface area contributed by atoms with Crippen molar-refractivity contribution in [2.45, 2.75) is 71.3 Å². The third kappa shape index (κ3) is 6.98. The minimum atomic E-state index is -2.60. The number of ether oxygens (including phenoxy) is 1. The van der Waals surface area contributed by atoms with Crippen molar-refractivity contribution in [1.82, 2.24) is 0 Å². The zero-order valence-corrected chi connectivity index (χ0v) is 23.9. The first-order valence-electron chi connectivity index (χ1n) is 12.8. The van der Waals surface area contributed by atoms with E-state index in [0.29, 0.717) is 6.04 Å². The number of halogens is 3. The predicted molar refractivity (Wildman–Crippen MR) is 155 cm³/mol. The van der Waals surface area contributed by atoms with Crippen molar-refractivity contribution < 1.29 is 4.74 Å². The van der Waals surface area contributed by atoms with Crippen LogP contribution in [0, 0.1) is 0 Å². The molecule has 0 fully saturated rings. The van der Waals surface area contributed by atoms with E-state index in [9.17, 15) is 0 Å². The molecule has 0 aliphatic carbocycles. The van der Waals surface area contributed by atoms with Crippen LogP contribution in [0.3, 0.4) is 0 Å². The number of hydrogen-bond donors (Lipinski definition) is 0. The highest BCUT2D eigenvalue weighted by Gasteiger charge is 2.27. The van der Waals surface area contributed by atoms with Gasteiger partial charge in [0.2, 0.25) is 0 Å². The maximum Gasteiger partial charge on any atom is 0.341 e. The molecule has 35 heavy (non-hydrogen) atoms. The molecule has 3 aromatic carbocycles. The molecule has 0 spiro atoms. The number of fused-ring (bicyclic) bond motifs is 2. The fourth-order valence-electron chi connectivity index (χ4n) is 4.55. The molecule has 2 nitrogen and oxygen atoms in total. The fraction of sp³-hybridized carbons (Fsp3) is 0.379. The van der Waals surface area contributed by atoms with Crippen molar-refractivity contribution in [3.8, 4) is 11.5 Å². The first-order valence-corrected chi connectivity index (χ1v) is 18.0. The highest BCUT2D eigenvalue weighted by atomic mass is 35.8. The Balaban J connectivity index is 1.67. The summed E-state index contributed by atoms with van der Waals surface area (Å²) in [6.45, 7) is 4.46. The number of nitrogens with zero attached hydrogens (tertiary/aromatic N) is 1. The molecule has 0 radical (unpaired) electrons. The summed E-state index contributed by atoms with van der Waals surface area (Å²) in [5, 5.41) is 0. The highest BCUT2D eigenvalue weighted by molar-refractivity contribution is 7.64. The lowest BCUT2D eigenvalue weighted by Gasteiger charge is -2.33. The Morgan fingerprint density at radius 3 is 1.66 bits per heavy atom. The smallest absolute Gasteiger partial charge is 0.341 e. The summed E-state index contributed by atoms with van der Waals surface area (Å²) >= 11 is 18.3. The van der Waals surface area contributed by atoms with Gasteiger partial charge in [0.25, 0.3) is 0 Å². The molecule has 1 aliphatic rings. The van der Waals surface area contributed by atoms with E-state index in [4.69, 9.17) is 38.0 Å². The molecule has 186 valence electrons. The summed E-state index contributed by atoms with van der Waals surface area (Å²) in [6, 6.07) is 20.2. The van der Waals surface area contributed by atoms with Gasteiger partial charge < -0.3 is 9.64 Å². The summed E-state index contributed by atoms with van der Waals surface area (Å²) in [7, 11) is 0. The van der Waals surface area contributed by atoms with Gasteiger partial charge in [-0.05, 0) is 97.7 Å². The molecule has 0 amide bonds. The van der Waals surface area contributed by atoms with Crippen LogP contribution < -0.4 is 9.64 Å². The molecular formula is C29H34Cl3NOSi. The van der Waals surface area contributed by atoms with E-state index in [-0.39, 0.29) is 0 Å². The van der Waals surface area contributed by atoms with Crippen molar-refractivity contribution in [2.24, 2.45) is 0 Å². The fourth-order valence-corrected chi connectivity index (χ4v) is 6.33. The van der Waals surface area contributed by atoms with Gasteiger partial charge in [-0.15, -0.1) is 33.2 Å². The lowest BCUT2D eigenvalue weighted by molar-refractivity contribution is 0.475. The molecule has 0 saturated carbocycles. The van der Waals surface area contributed by atoms with Crippen molar-refractivity contribution in [2.75, 3.05) is 4.90 Å². The lowest BCUT2D eigenvalue weighted by Crippen LogP contribution is -2.16. The monoisotopic (exact) mass is 545 g/mol. The normalized spacial score (nSPS) is 12.8. The second-order valence-corrected chi connectivity index (χ2v) is 18.7. The van der Waals surface area contributed by atoms with E-state index >= 15 is 0 Å². The molecule has 0 N–H and O–H groups in total. The third-order valence-electron chi connectivity index (χ3n) is 6.51. The van der Waals surface area contributed by atoms with Crippen LogP contribution in [0.15, 0.2) is 60.7 Å². The first kappa shape index (κ1) is 26.4. The number of benzene rings is 3. The van der Waals surface area contributed by atoms with Crippen LogP contribution in [0.25, 0.3) is 0 Å². The van der Waals surface area contributed by atoms with E-state index in [1.165, 1.54) is 42.4 Å². The van der Waals surface area contributed by atoms with Crippen molar-refractivity contribution in [1.29, 1.82) is 0 Å². The Hall–Kier alpha value is -1.65. The van der Waals surface area contributed by atoms with Crippen LogP contribution in [-0.4, -0.2) is 6.00 Å². The van der Waals surface area contributed by atoms with E-state index < -0.39 is 6.00 Å². The highest BCUT2D eigenvalue weighted by Crippen LogP contribution is 2.51. The molecule has 0 atom stereocenters. The largest absolute Gasteiger partial charge is 0.453 e. The van der Waals surface area contributed by atoms with Gasteiger partial charge >= 0.3 is 6.00 Å². The van der Waals surface area contributed by atoms with Crippen molar-refractivity contribution in [3.63, 3.8) is 0 Å². The maximum absolute atomic E-state index is 6.50. The number of rotatable bonds is 11. The Kier molecular flexibility index (Phi) is 9.10. The standard InChI is InChI=1S/C29H34Cl3NOSi/c1-3-5-8-22-11-15-25(16-12-22)33-26-17-13-23(9-6-4-2)20-28(26)34-29-21-24(14-18-27(29)33)10-7-19-35(30,31)32/h11-18,20-21H,3-10,19H2,1-2H3. The molecule has 1 aliphatic heterocycles. The first-order chi connectivity index (χ1) is 16.9. The summed E-state index contributed by atoms with van der Waals surface area (Å²) in [6.07, 6.45) is 8.69. The second-order valence-electron chi connectivity index (χ2n) is 9.38. The zero-order valence-electron chi connectivity index (χ0n) is 20.6. The average Bonchev–Trinajstić information content (AvgIpc) is 2.84. The summed E-state index contributed by atoms with van der Waals surface area (Å²) in [5.41, 5.74) is 7.17. The predicted octanol–water partition coefficient (Wildman–Crippen LogP) is 10.5. The Labute approximate surface area is 225 Å². The summed E-state index contributed by atoms with van der Waals surface area (Å²) in [4.78, 5) is 2.32. The summed E-state index contributed by atoms with van der Waals surface area (Å²) in [5.74, 6) is 1.79. The number of aryl methyl sites for hydroxylation is 3. The van der Waals surface area contributed by atoms with Gasteiger partial charge in [0, 0.05) is 5.69 Å². The number of hydrogen-bond acceptors (Lipinski definition) is 2. The van der Waals surface area contributed by atoms with Crippen LogP contribution in [0.2, 0.25) is 6.04 Å². The van der Waals surface area contributed by atoms with E-state index in [2.05, 4.69) is 79.4 Å². The minimum absolute atomic E-state index is 0.662. The third-order valence-corrected chi connectivity index (χ3v) is 9.13. The second kappa shape index (κ2) is 12.1. The van der Waals surface area contributed by atoms with Gasteiger partial charge in [-0.25, -0.2) is 0 Å². The van der Waals surface area contributed by atoms with Gasteiger partial charge in [0.1, 0.15) is 0 Å². The summed E-state index contributed by atoms with van der Waals surface area (Å²) < 4.78 is 6.50. The van der Waals surface area contributed by atoms with Crippen LogP contribution >= 0.6 is 33.2 Å². The number of unbranched alkanes of at least 4 members (excludes halogenated alkanes) is 2. The molecule has 0 saturated heterocycles. The van der Waals surface area contributed by atoms with Gasteiger partial charge in [-0.1, -0.05) is 51.0 Å². The van der Waals surface area contributed by atoms with Crippen molar-refractivity contribution >= 4 is 56.3 Å². The molecule has 1 heterocycles. The average molecular weight is 547 g/mol. The zero-order chi connectivity index (χ0) is 24.8. The van der Waals surface area contributed by atoms with Crippen molar-refractivity contribution in [3.05, 3.63) is 77.4 Å². The van der Waals surface area contributed by atoms with Gasteiger partial charge in [-0.2, -0.15) is 0 Å². The Bertz CT molecular complexity index is 1130. The molecule has 4 rings (SSSR count). The van der Waals surface area contributed by atoms with Gasteiger partial charge in [0.15, 0.2) is 11.5 Å². The van der Waals surface area contributed by atoms with Gasteiger partial charge in [0.05, 0.1) is 11.4 Å². The minimum Gasteiger partial charge on any atom is -0.453 e. The van der Waals surface area contributed by atoms with Crippen LogP contribution in [0.1, 0.15) is 62.6 Å². The molecule has 6 heteroatoms. The number of anilines is 3. The Morgan fingerprint density at radius 1 is 0.657 bits per heavy atom. The lowest BCUT2D eigenvalue weighted by atomic mass is 10.0. The quantitative estimate of drug-likeness (QED) is 0.137. The molecule has 3 aromatic rings. The van der Waals surface area contributed by atoms with E-state index in [0.717, 1.165) is 54.2 Å². The van der Waals surface area contributed by atoms with E-state index in [1.54, 1.807) is 0 Å². The van der Waals surface area contributed by atoms with E-state index in [1.807, 2.05) is 0 Å². The van der Waals surface area contributed by atoms with Crippen LogP contribution in [-0.2, 0) is 19.3 Å². The molecular weight excluding hydrogens is 513 g/mol. The molecule has 0 aromatic heterocycles. The molecule has 0 unspecified atom stereocenters. The van der Waals surface area contributed by atoms with Crippen LogP contribution in [0.5, 0.6) is 11.5 Å². The maximum atomic E-state index is 6.50. The van der Waals surface area contributed by atoms with Crippen LogP contribution in [0.4, 0.5) is 17.1 Å². The van der Waals surface area contributed by atoms with Gasteiger partial charge in [-0.3, -0.25) is 0 Å². The Morgan fingerprint density at radius 2 is 1.14 bits per heavy atom. The topological polar surface area (TPSA) is 12.5 Å². The SMILES string of the molecule is CCCCc1ccc(N2c3ccc(CCCC)cc3Oc3cc(CCC[Si](Cl)(Cl)Cl)ccc32)cc1. The molecule has 0 bridgehead atoms.